The Morgan fingerprint density at radius 2 is 2.08 bits per heavy atom. The van der Waals surface area contributed by atoms with Crippen LogP contribution < -0.4 is 5.32 Å². The maximum Gasteiger partial charge on any atom is 0.408 e. The quantitative estimate of drug-likeness (QED) is 0.651. The number of terminal acetylenes is 1. The average molecular weight is 169 g/mol. The Morgan fingerprint density at radius 3 is 2.33 bits per heavy atom. The van der Waals surface area contributed by atoms with Crippen molar-refractivity contribution in [1.29, 1.82) is 0 Å². The van der Waals surface area contributed by atoms with E-state index in [0.717, 1.165) is 0 Å². The highest BCUT2D eigenvalue weighted by molar-refractivity contribution is 5.67. The second-order valence-corrected chi connectivity index (χ2v) is 2.49. The molecule has 0 atom stereocenters. The number of nitrogens with one attached hydrogen (secondary N) is 1. The molecule has 0 aliphatic heterocycles. The van der Waals surface area contributed by atoms with Crippen LogP contribution in [-0.4, -0.2) is 18.7 Å². The molecule has 3 heteroatoms. The Kier molecular flexibility index (Phi) is 4.20. The summed E-state index contributed by atoms with van der Waals surface area (Å²) in [4.78, 5) is 10.9. The lowest BCUT2D eigenvalue weighted by Crippen LogP contribution is -2.35. The summed E-state index contributed by atoms with van der Waals surface area (Å²) in [5.74, 6) is 2.50. The normalized spacial score (nSPS) is 10.2. The Bertz CT molecular complexity index is 189. The summed E-state index contributed by atoms with van der Waals surface area (Å²) in [5, 5.41) is 2.37. The Hall–Kier alpha value is -1.17. The third-order valence-electron chi connectivity index (χ3n) is 1.90. The molecule has 12 heavy (non-hydrogen) atoms. The predicted octanol–water partition coefficient (Wildman–Crippen LogP) is 1.53. The van der Waals surface area contributed by atoms with E-state index < -0.39 is 11.7 Å². The highest BCUT2D eigenvalue weighted by Gasteiger charge is 2.27. The van der Waals surface area contributed by atoms with Gasteiger partial charge in [0.2, 0.25) is 0 Å². The summed E-state index contributed by atoms with van der Waals surface area (Å²) >= 11 is 0. The SMILES string of the molecule is C#CC(CC)(CC)OC(=O)NC. The van der Waals surface area contributed by atoms with Crippen LogP contribution in [0.4, 0.5) is 4.79 Å². The van der Waals surface area contributed by atoms with E-state index in [0.29, 0.717) is 12.8 Å². The number of hydrogen-bond donors (Lipinski definition) is 1. The Labute approximate surface area is 73.5 Å². The highest BCUT2D eigenvalue weighted by atomic mass is 16.6. The molecule has 68 valence electrons. The van der Waals surface area contributed by atoms with Gasteiger partial charge in [-0.3, -0.25) is 0 Å². The van der Waals surface area contributed by atoms with Crippen molar-refractivity contribution in [1.82, 2.24) is 5.32 Å². The van der Waals surface area contributed by atoms with Gasteiger partial charge >= 0.3 is 6.09 Å². The molecular weight excluding hydrogens is 154 g/mol. The minimum Gasteiger partial charge on any atom is -0.430 e. The molecule has 0 aliphatic rings. The predicted molar refractivity (Wildman–Crippen MR) is 47.7 cm³/mol. The van der Waals surface area contributed by atoms with E-state index in [1.54, 1.807) is 0 Å². The molecule has 0 radical (unpaired) electrons. The standard InChI is InChI=1S/C9H15NO2/c1-5-9(6-2,7-3)12-8(11)10-4/h1H,6-7H2,2-4H3,(H,10,11). The topological polar surface area (TPSA) is 38.3 Å². The first-order chi connectivity index (χ1) is 5.64. The number of rotatable bonds is 3. The molecule has 0 aromatic carbocycles. The second kappa shape index (κ2) is 4.66. The summed E-state index contributed by atoms with van der Waals surface area (Å²) in [6, 6.07) is 0. The molecule has 0 bridgehead atoms. The summed E-state index contributed by atoms with van der Waals surface area (Å²) < 4.78 is 5.05. The molecule has 1 N–H and O–H groups in total. The van der Waals surface area contributed by atoms with E-state index >= 15 is 0 Å². The second-order valence-electron chi connectivity index (χ2n) is 2.49. The van der Waals surface area contributed by atoms with Crippen molar-refractivity contribution in [3.63, 3.8) is 0 Å². The van der Waals surface area contributed by atoms with Crippen molar-refractivity contribution in [3.8, 4) is 12.3 Å². The van der Waals surface area contributed by atoms with Gasteiger partial charge in [-0.2, -0.15) is 0 Å². The molecule has 0 aromatic rings. The van der Waals surface area contributed by atoms with Crippen LogP contribution in [0.2, 0.25) is 0 Å². The van der Waals surface area contributed by atoms with Crippen molar-refractivity contribution in [2.24, 2.45) is 0 Å². The zero-order chi connectivity index (χ0) is 9.61. The van der Waals surface area contributed by atoms with Gasteiger partial charge in [-0.15, -0.1) is 6.42 Å². The first kappa shape index (κ1) is 10.8. The van der Waals surface area contributed by atoms with E-state index in [4.69, 9.17) is 11.2 Å². The van der Waals surface area contributed by atoms with Gasteiger partial charge < -0.3 is 10.1 Å². The lowest BCUT2D eigenvalue weighted by molar-refractivity contribution is 0.0496. The summed E-state index contributed by atoms with van der Waals surface area (Å²) in [6.07, 6.45) is 6.07. The highest BCUT2D eigenvalue weighted by Crippen LogP contribution is 2.18. The van der Waals surface area contributed by atoms with Crippen molar-refractivity contribution >= 4 is 6.09 Å². The van der Waals surface area contributed by atoms with Gasteiger partial charge in [0.15, 0.2) is 5.60 Å². The van der Waals surface area contributed by atoms with E-state index in [2.05, 4.69) is 11.2 Å². The average Bonchev–Trinajstić information content (AvgIpc) is 2.14. The molecular formula is C9H15NO2. The number of ether oxygens (including phenoxy) is 1. The first-order valence-electron chi connectivity index (χ1n) is 4.02. The zero-order valence-corrected chi connectivity index (χ0v) is 7.81. The van der Waals surface area contributed by atoms with Crippen LogP contribution in [0.3, 0.4) is 0 Å². The smallest absolute Gasteiger partial charge is 0.408 e. The van der Waals surface area contributed by atoms with Gasteiger partial charge in [-0.25, -0.2) is 4.79 Å². The fraction of sp³-hybridized carbons (Fsp3) is 0.667. The van der Waals surface area contributed by atoms with E-state index in [-0.39, 0.29) is 0 Å². The van der Waals surface area contributed by atoms with Crippen LogP contribution in [0.1, 0.15) is 26.7 Å². The van der Waals surface area contributed by atoms with Crippen molar-refractivity contribution in [3.05, 3.63) is 0 Å². The van der Waals surface area contributed by atoms with Crippen LogP contribution in [0.15, 0.2) is 0 Å². The number of carbonyl (C=O) groups is 1. The molecule has 0 unspecified atom stereocenters. The molecule has 0 spiro atoms. The van der Waals surface area contributed by atoms with Crippen LogP contribution in [0.25, 0.3) is 0 Å². The fourth-order valence-electron chi connectivity index (χ4n) is 0.856. The maximum absolute atomic E-state index is 10.9. The Morgan fingerprint density at radius 1 is 1.58 bits per heavy atom. The number of hydrogen-bond acceptors (Lipinski definition) is 2. The lowest BCUT2D eigenvalue weighted by atomic mass is 9.99. The number of amides is 1. The molecule has 0 aliphatic carbocycles. The van der Waals surface area contributed by atoms with Gasteiger partial charge in [0.1, 0.15) is 0 Å². The molecule has 0 saturated carbocycles. The summed E-state index contributed by atoms with van der Waals surface area (Å²) in [6.45, 7) is 3.79. The largest absolute Gasteiger partial charge is 0.430 e. The van der Waals surface area contributed by atoms with Gasteiger partial charge in [0, 0.05) is 7.05 Å². The number of carbonyl (C=O) groups excluding carboxylic acids is 1. The van der Waals surface area contributed by atoms with Crippen molar-refractivity contribution < 1.29 is 9.53 Å². The lowest BCUT2D eigenvalue weighted by Gasteiger charge is -2.25. The monoisotopic (exact) mass is 169 g/mol. The van der Waals surface area contributed by atoms with Crippen LogP contribution in [0.5, 0.6) is 0 Å². The zero-order valence-electron chi connectivity index (χ0n) is 7.81. The molecule has 0 aromatic heterocycles. The van der Waals surface area contributed by atoms with Gasteiger partial charge in [0.05, 0.1) is 0 Å². The maximum atomic E-state index is 10.9. The molecule has 0 rings (SSSR count). The molecule has 3 nitrogen and oxygen atoms in total. The molecule has 0 heterocycles. The van der Waals surface area contributed by atoms with Crippen LogP contribution in [0, 0.1) is 12.3 Å². The molecule has 1 amide bonds. The fourth-order valence-corrected chi connectivity index (χ4v) is 0.856. The molecule has 0 saturated heterocycles. The van der Waals surface area contributed by atoms with E-state index in [1.165, 1.54) is 7.05 Å². The number of alkyl carbamates (subject to hydrolysis) is 1. The van der Waals surface area contributed by atoms with Crippen LogP contribution >= 0.6 is 0 Å². The third kappa shape index (κ3) is 2.46. The van der Waals surface area contributed by atoms with E-state index in [1.807, 2.05) is 13.8 Å². The van der Waals surface area contributed by atoms with Gasteiger partial charge in [0.25, 0.3) is 0 Å². The van der Waals surface area contributed by atoms with Gasteiger partial charge in [-0.1, -0.05) is 19.8 Å². The van der Waals surface area contributed by atoms with E-state index in [9.17, 15) is 4.79 Å². The van der Waals surface area contributed by atoms with Gasteiger partial charge in [-0.05, 0) is 12.8 Å². The molecule has 0 fully saturated rings. The third-order valence-corrected chi connectivity index (χ3v) is 1.90. The Balaban J connectivity index is 4.33. The van der Waals surface area contributed by atoms with Crippen molar-refractivity contribution in [2.45, 2.75) is 32.3 Å². The van der Waals surface area contributed by atoms with Crippen LogP contribution in [-0.2, 0) is 4.74 Å². The first-order valence-corrected chi connectivity index (χ1v) is 4.02. The minimum atomic E-state index is -0.736. The minimum absolute atomic E-state index is 0.475. The summed E-state index contributed by atoms with van der Waals surface area (Å²) in [5.41, 5.74) is -0.736. The summed E-state index contributed by atoms with van der Waals surface area (Å²) in [7, 11) is 1.51. The van der Waals surface area contributed by atoms with Crippen molar-refractivity contribution in [2.75, 3.05) is 7.05 Å².